The largest absolute Gasteiger partial charge is 0.487 e. The van der Waals surface area contributed by atoms with Crippen LogP contribution < -0.4 is 4.74 Å². The molecule has 1 aliphatic rings. The van der Waals surface area contributed by atoms with E-state index < -0.39 is 50.5 Å². The van der Waals surface area contributed by atoms with Gasteiger partial charge in [-0.15, -0.1) is 0 Å². The molecule has 0 saturated heterocycles. The lowest BCUT2D eigenvalue weighted by molar-refractivity contribution is 0.0905. The third-order valence-corrected chi connectivity index (χ3v) is 10.6. The van der Waals surface area contributed by atoms with Crippen LogP contribution in [0.1, 0.15) is 13.8 Å². The Kier molecular flexibility index (Phi) is 8.24. The SMILES string of the molecule is C[C@@H]1CN([C@H](C)CO)S(=O)(=O)c2ccc(-c3cccc(F)c3)cc2O[C@@H]1CN(C)S(=O)(=O)c1ccccc1. The zero-order valence-electron chi connectivity index (χ0n) is 21.4. The molecular formula is C27H31FN2O6S2. The van der Waals surface area contributed by atoms with Gasteiger partial charge in [0.25, 0.3) is 0 Å². The van der Waals surface area contributed by atoms with Crippen LogP contribution in [0.5, 0.6) is 5.75 Å². The number of hydrogen-bond donors (Lipinski definition) is 1. The van der Waals surface area contributed by atoms with Crippen molar-refractivity contribution in [2.24, 2.45) is 5.92 Å². The summed E-state index contributed by atoms with van der Waals surface area (Å²) >= 11 is 0. The van der Waals surface area contributed by atoms with Crippen LogP contribution in [0.3, 0.4) is 0 Å². The van der Waals surface area contributed by atoms with E-state index in [-0.39, 0.29) is 28.6 Å². The molecule has 0 aromatic heterocycles. The minimum atomic E-state index is -4.07. The number of halogens is 1. The average molecular weight is 563 g/mol. The molecular weight excluding hydrogens is 531 g/mol. The number of ether oxygens (including phenoxy) is 1. The molecule has 0 bridgehead atoms. The second-order valence-corrected chi connectivity index (χ2v) is 13.4. The molecule has 4 rings (SSSR count). The maximum absolute atomic E-state index is 13.9. The molecule has 3 aromatic rings. The fourth-order valence-corrected chi connectivity index (χ4v) is 7.44. The molecule has 0 radical (unpaired) electrons. The van der Waals surface area contributed by atoms with Crippen LogP contribution in [0, 0.1) is 11.7 Å². The highest BCUT2D eigenvalue weighted by atomic mass is 32.2. The molecule has 8 nitrogen and oxygen atoms in total. The number of nitrogens with zero attached hydrogens (tertiary/aromatic N) is 2. The molecule has 0 unspecified atom stereocenters. The highest BCUT2D eigenvalue weighted by Gasteiger charge is 2.39. The van der Waals surface area contributed by atoms with E-state index in [0.717, 1.165) is 0 Å². The molecule has 11 heteroatoms. The third kappa shape index (κ3) is 5.62. The zero-order valence-corrected chi connectivity index (χ0v) is 23.0. The Morgan fingerprint density at radius 2 is 1.76 bits per heavy atom. The standard InChI is InChI=1S/C27H31FN2O6S2/c1-19-16-30(20(2)18-31)38(34,35)27-13-12-22(21-8-7-9-23(28)14-21)15-25(27)36-26(19)17-29(3)37(32,33)24-10-5-4-6-11-24/h4-15,19-20,26,31H,16-18H2,1-3H3/t19-,20-,26-/m1/s1. The third-order valence-electron chi connectivity index (χ3n) is 6.71. The fraction of sp³-hybridized carbons (Fsp3) is 0.333. The predicted molar refractivity (Wildman–Crippen MR) is 142 cm³/mol. The number of aliphatic hydroxyl groups excluding tert-OH is 1. The smallest absolute Gasteiger partial charge is 0.247 e. The van der Waals surface area contributed by atoms with E-state index in [4.69, 9.17) is 4.74 Å². The van der Waals surface area contributed by atoms with Gasteiger partial charge in [0.1, 0.15) is 22.6 Å². The highest BCUT2D eigenvalue weighted by molar-refractivity contribution is 7.89. The molecule has 1 heterocycles. The summed E-state index contributed by atoms with van der Waals surface area (Å²) in [4.78, 5) is 0.0244. The molecule has 3 atom stereocenters. The Hall–Kier alpha value is -2.83. The Labute approximate surface area is 223 Å². The van der Waals surface area contributed by atoms with Gasteiger partial charge in [-0.25, -0.2) is 21.2 Å². The lowest BCUT2D eigenvalue weighted by Gasteiger charge is -2.37. The number of likely N-dealkylation sites (N-methyl/N-ethyl adjacent to an activating group) is 1. The minimum absolute atomic E-state index is 0.0129. The Morgan fingerprint density at radius 1 is 1.08 bits per heavy atom. The zero-order chi connectivity index (χ0) is 27.7. The van der Waals surface area contributed by atoms with Gasteiger partial charge in [0.05, 0.1) is 18.0 Å². The molecule has 3 aromatic carbocycles. The van der Waals surface area contributed by atoms with Crippen LogP contribution in [-0.4, -0.2) is 69.4 Å². The molecule has 1 aliphatic heterocycles. The van der Waals surface area contributed by atoms with Gasteiger partial charge in [0.15, 0.2) is 0 Å². The van der Waals surface area contributed by atoms with E-state index in [9.17, 15) is 26.3 Å². The number of sulfonamides is 2. The first-order valence-electron chi connectivity index (χ1n) is 12.2. The summed E-state index contributed by atoms with van der Waals surface area (Å²) in [7, 11) is -6.46. The molecule has 1 N–H and O–H groups in total. The van der Waals surface area contributed by atoms with Crippen LogP contribution in [0.4, 0.5) is 4.39 Å². The van der Waals surface area contributed by atoms with Gasteiger partial charge in [-0.1, -0.05) is 43.3 Å². The number of hydrogen-bond acceptors (Lipinski definition) is 6. The summed E-state index contributed by atoms with van der Waals surface area (Å²) in [6, 6.07) is 17.7. The highest BCUT2D eigenvalue weighted by Crippen LogP contribution is 2.37. The number of benzene rings is 3. The number of fused-ring (bicyclic) bond motifs is 1. The minimum Gasteiger partial charge on any atom is -0.487 e. The monoisotopic (exact) mass is 562 g/mol. The second kappa shape index (κ2) is 11.1. The summed E-state index contributed by atoms with van der Waals surface area (Å²) in [5, 5.41) is 9.82. The van der Waals surface area contributed by atoms with E-state index >= 15 is 0 Å². The molecule has 0 saturated carbocycles. The van der Waals surface area contributed by atoms with Crippen LogP contribution in [-0.2, 0) is 20.0 Å². The van der Waals surface area contributed by atoms with Gasteiger partial charge in [-0.3, -0.25) is 0 Å². The van der Waals surface area contributed by atoms with E-state index in [0.29, 0.717) is 11.1 Å². The summed E-state index contributed by atoms with van der Waals surface area (Å²) in [5.74, 6) is -0.855. The van der Waals surface area contributed by atoms with Crippen LogP contribution in [0.25, 0.3) is 11.1 Å². The number of rotatable bonds is 7. The lowest BCUT2D eigenvalue weighted by atomic mass is 10.0. The molecule has 204 valence electrons. The normalized spacial score (nSPS) is 20.7. The average Bonchev–Trinajstić information content (AvgIpc) is 2.90. The van der Waals surface area contributed by atoms with Gasteiger partial charge in [-0.05, 0) is 54.4 Å². The lowest BCUT2D eigenvalue weighted by Crippen LogP contribution is -2.50. The van der Waals surface area contributed by atoms with Crippen molar-refractivity contribution in [2.75, 3.05) is 26.7 Å². The molecule has 0 aliphatic carbocycles. The number of aliphatic hydroxyl groups is 1. The van der Waals surface area contributed by atoms with Gasteiger partial charge in [-0.2, -0.15) is 8.61 Å². The summed E-state index contributed by atoms with van der Waals surface area (Å²) in [5.41, 5.74) is 1.07. The molecule has 0 spiro atoms. The first-order chi connectivity index (χ1) is 17.9. The molecule has 0 amide bonds. The van der Waals surface area contributed by atoms with E-state index in [2.05, 4.69) is 0 Å². The maximum atomic E-state index is 13.9. The van der Waals surface area contributed by atoms with Gasteiger partial charge in [0.2, 0.25) is 20.0 Å². The van der Waals surface area contributed by atoms with Crippen molar-refractivity contribution in [3.8, 4) is 16.9 Å². The van der Waals surface area contributed by atoms with Crippen LogP contribution in [0.2, 0.25) is 0 Å². The van der Waals surface area contributed by atoms with Crippen molar-refractivity contribution >= 4 is 20.0 Å². The van der Waals surface area contributed by atoms with Crippen molar-refractivity contribution in [1.82, 2.24) is 8.61 Å². The van der Waals surface area contributed by atoms with Crippen molar-refractivity contribution in [3.63, 3.8) is 0 Å². The Balaban J connectivity index is 1.78. The van der Waals surface area contributed by atoms with Gasteiger partial charge >= 0.3 is 0 Å². The summed E-state index contributed by atoms with van der Waals surface area (Å²) in [6.45, 7) is 2.95. The van der Waals surface area contributed by atoms with Crippen LogP contribution >= 0.6 is 0 Å². The van der Waals surface area contributed by atoms with E-state index in [1.165, 1.54) is 52.1 Å². The second-order valence-electron chi connectivity index (χ2n) is 9.51. The predicted octanol–water partition coefficient (Wildman–Crippen LogP) is 3.58. The molecule has 38 heavy (non-hydrogen) atoms. The van der Waals surface area contributed by atoms with Crippen molar-refractivity contribution in [2.45, 2.75) is 35.8 Å². The first-order valence-corrected chi connectivity index (χ1v) is 15.0. The summed E-state index contributed by atoms with van der Waals surface area (Å²) < 4.78 is 76.3. The van der Waals surface area contributed by atoms with E-state index in [1.807, 2.05) is 0 Å². The fourth-order valence-electron chi connectivity index (χ4n) is 4.42. The summed E-state index contributed by atoms with van der Waals surface area (Å²) in [6.07, 6.45) is -0.733. The topological polar surface area (TPSA) is 104 Å². The Morgan fingerprint density at radius 3 is 2.42 bits per heavy atom. The van der Waals surface area contributed by atoms with Crippen LogP contribution in [0.15, 0.2) is 82.6 Å². The van der Waals surface area contributed by atoms with E-state index in [1.54, 1.807) is 50.2 Å². The van der Waals surface area contributed by atoms with Crippen molar-refractivity contribution < 1.29 is 31.1 Å². The first kappa shape index (κ1) is 28.2. The maximum Gasteiger partial charge on any atom is 0.247 e. The van der Waals surface area contributed by atoms with Gasteiger partial charge in [0, 0.05) is 25.6 Å². The molecule has 0 fully saturated rings. The quantitative estimate of drug-likeness (QED) is 0.472. The van der Waals surface area contributed by atoms with Crippen molar-refractivity contribution in [3.05, 3.63) is 78.6 Å². The van der Waals surface area contributed by atoms with Gasteiger partial charge < -0.3 is 9.84 Å². The van der Waals surface area contributed by atoms with Crippen molar-refractivity contribution in [1.29, 1.82) is 0 Å². The Bertz CT molecular complexity index is 1500.